The lowest BCUT2D eigenvalue weighted by molar-refractivity contribution is -0.120. The molecule has 2 aromatic rings. The van der Waals surface area contributed by atoms with Gasteiger partial charge >= 0.3 is 0 Å². The monoisotopic (exact) mass is 376 g/mol. The van der Waals surface area contributed by atoms with E-state index in [-0.39, 0.29) is 11.9 Å². The third-order valence-electron chi connectivity index (χ3n) is 3.78. The van der Waals surface area contributed by atoms with Gasteiger partial charge in [-0.05, 0) is 37.7 Å². The molecule has 0 spiro atoms. The van der Waals surface area contributed by atoms with Gasteiger partial charge in [0.05, 0.1) is 18.8 Å². The lowest BCUT2D eigenvalue weighted by atomic mass is 10.2. The zero-order chi connectivity index (χ0) is 16.8. The maximum absolute atomic E-state index is 12.5. The number of benzene rings is 2. The minimum absolute atomic E-state index is 0.0657. The van der Waals surface area contributed by atoms with Crippen LogP contribution in [0.4, 0.5) is 5.69 Å². The second-order valence-electron chi connectivity index (χ2n) is 5.37. The Morgan fingerprint density at radius 2 is 1.87 bits per heavy atom. The van der Waals surface area contributed by atoms with Crippen LogP contribution in [-0.2, 0) is 11.3 Å². The summed E-state index contributed by atoms with van der Waals surface area (Å²) in [5.41, 5.74) is 1.83. The van der Waals surface area contributed by atoms with Gasteiger partial charge in [-0.15, -0.1) is 0 Å². The van der Waals surface area contributed by atoms with Crippen molar-refractivity contribution in [2.45, 2.75) is 19.5 Å². The number of methoxy groups -OCH3 is 1. The molecule has 5 heteroatoms. The molecule has 0 fully saturated rings. The first-order valence-corrected chi connectivity index (χ1v) is 8.19. The van der Waals surface area contributed by atoms with E-state index in [1.165, 1.54) is 0 Å². The fourth-order valence-corrected chi connectivity index (χ4v) is 2.63. The molecule has 0 radical (unpaired) electrons. The minimum Gasteiger partial charge on any atom is -0.495 e. The topological polar surface area (TPSA) is 41.6 Å². The van der Waals surface area contributed by atoms with Gasteiger partial charge in [0.1, 0.15) is 5.75 Å². The number of halogens is 1. The standard InChI is InChI=1S/C18H21BrN2O2/c1-13(21(2)12-14-8-4-5-9-15(14)19)18(22)20-16-10-6-7-11-17(16)23-3/h4-11,13H,12H2,1-3H3,(H,20,22)/t13-/m1/s1. The molecule has 0 bridgehead atoms. The summed E-state index contributed by atoms with van der Waals surface area (Å²) in [7, 11) is 3.53. The van der Waals surface area contributed by atoms with Crippen LogP contribution in [0.15, 0.2) is 53.0 Å². The normalized spacial score (nSPS) is 12.0. The molecule has 2 rings (SSSR count). The number of ether oxygens (including phenoxy) is 1. The first kappa shape index (κ1) is 17.5. The Hall–Kier alpha value is -1.85. The lowest BCUT2D eigenvalue weighted by Gasteiger charge is -2.24. The first-order chi connectivity index (χ1) is 11.0. The van der Waals surface area contributed by atoms with Crippen LogP contribution in [0.2, 0.25) is 0 Å². The fourth-order valence-electron chi connectivity index (χ4n) is 2.22. The average molecular weight is 377 g/mol. The van der Waals surface area contributed by atoms with Crippen molar-refractivity contribution in [2.24, 2.45) is 0 Å². The maximum atomic E-state index is 12.5. The molecule has 1 N–H and O–H groups in total. The van der Waals surface area contributed by atoms with Crippen LogP contribution in [0.1, 0.15) is 12.5 Å². The zero-order valence-electron chi connectivity index (χ0n) is 13.5. The van der Waals surface area contributed by atoms with Crippen LogP contribution in [0.25, 0.3) is 0 Å². The maximum Gasteiger partial charge on any atom is 0.241 e. The highest BCUT2D eigenvalue weighted by Crippen LogP contribution is 2.24. The third-order valence-corrected chi connectivity index (χ3v) is 4.56. The largest absolute Gasteiger partial charge is 0.495 e. The van der Waals surface area contributed by atoms with Gasteiger partial charge in [0, 0.05) is 11.0 Å². The van der Waals surface area contributed by atoms with Crippen LogP contribution < -0.4 is 10.1 Å². The number of nitrogens with one attached hydrogen (secondary N) is 1. The fraction of sp³-hybridized carbons (Fsp3) is 0.278. The zero-order valence-corrected chi connectivity index (χ0v) is 15.1. The third kappa shape index (κ3) is 4.56. The van der Waals surface area contributed by atoms with E-state index in [1.54, 1.807) is 7.11 Å². The van der Waals surface area contributed by atoms with Crippen molar-refractivity contribution >= 4 is 27.5 Å². The summed E-state index contributed by atoms with van der Waals surface area (Å²) in [5, 5.41) is 2.93. The Kier molecular flexibility index (Phi) is 6.19. The molecule has 1 atom stereocenters. The number of likely N-dealkylation sites (N-methyl/N-ethyl adjacent to an activating group) is 1. The van der Waals surface area contributed by atoms with Gasteiger partial charge in [-0.3, -0.25) is 9.69 Å². The van der Waals surface area contributed by atoms with Crippen LogP contribution in [0, 0.1) is 0 Å². The van der Waals surface area contributed by atoms with E-state index in [9.17, 15) is 4.79 Å². The van der Waals surface area contributed by atoms with Gasteiger partial charge in [0.2, 0.25) is 5.91 Å². The number of hydrogen-bond acceptors (Lipinski definition) is 3. The molecule has 0 aliphatic rings. The van der Waals surface area contributed by atoms with E-state index in [0.29, 0.717) is 18.0 Å². The summed E-state index contributed by atoms with van der Waals surface area (Å²) in [6, 6.07) is 15.1. The summed E-state index contributed by atoms with van der Waals surface area (Å²) in [4.78, 5) is 14.5. The van der Waals surface area contributed by atoms with Gasteiger partial charge < -0.3 is 10.1 Å². The minimum atomic E-state index is -0.271. The summed E-state index contributed by atoms with van der Waals surface area (Å²) in [6.07, 6.45) is 0. The highest BCUT2D eigenvalue weighted by molar-refractivity contribution is 9.10. The molecule has 23 heavy (non-hydrogen) atoms. The van der Waals surface area contributed by atoms with Gasteiger partial charge in [-0.25, -0.2) is 0 Å². The highest BCUT2D eigenvalue weighted by atomic mass is 79.9. The predicted molar refractivity (Wildman–Crippen MR) is 96.7 cm³/mol. The molecule has 1 amide bonds. The van der Waals surface area contributed by atoms with Crippen molar-refractivity contribution in [1.29, 1.82) is 0 Å². The smallest absolute Gasteiger partial charge is 0.241 e. The van der Waals surface area contributed by atoms with Crippen molar-refractivity contribution in [2.75, 3.05) is 19.5 Å². The molecule has 0 saturated heterocycles. The molecule has 2 aromatic carbocycles. The summed E-state index contributed by atoms with van der Waals surface area (Å²) < 4.78 is 6.31. The Balaban J connectivity index is 2.03. The molecule has 0 aliphatic heterocycles. The predicted octanol–water partition coefficient (Wildman–Crippen LogP) is 3.92. The van der Waals surface area contributed by atoms with Gasteiger partial charge in [-0.1, -0.05) is 46.3 Å². The van der Waals surface area contributed by atoms with E-state index < -0.39 is 0 Å². The summed E-state index contributed by atoms with van der Waals surface area (Å²) in [6.45, 7) is 2.57. The number of carbonyl (C=O) groups is 1. The van der Waals surface area contributed by atoms with Crippen molar-refractivity contribution in [1.82, 2.24) is 4.90 Å². The van der Waals surface area contributed by atoms with Gasteiger partial charge in [-0.2, -0.15) is 0 Å². The highest BCUT2D eigenvalue weighted by Gasteiger charge is 2.19. The molecular formula is C18H21BrN2O2. The molecular weight excluding hydrogens is 356 g/mol. The molecule has 0 heterocycles. The second kappa shape index (κ2) is 8.13. The number of para-hydroxylation sites is 2. The Morgan fingerprint density at radius 1 is 1.22 bits per heavy atom. The summed E-state index contributed by atoms with van der Waals surface area (Å²) in [5.74, 6) is 0.588. The Labute approximate surface area is 145 Å². The van der Waals surface area contributed by atoms with Crippen LogP contribution >= 0.6 is 15.9 Å². The van der Waals surface area contributed by atoms with E-state index >= 15 is 0 Å². The van der Waals surface area contributed by atoms with Gasteiger partial charge in [0.15, 0.2) is 0 Å². The quantitative estimate of drug-likeness (QED) is 0.830. The number of nitrogens with zero attached hydrogens (tertiary/aromatic N) is 1. The van der Waals surface area contributed by atoms with Crippen molar-refractivity contribution in [3.05, 3.63) is 58.6 Å². The van der Waals surface area contributed by atoms with E-state index in [4.69, 9.17) is 4.74 Å². The van der Waals surface area contributed by atoms with Crippen molar-refractivity contribution in [3.8, 4) is 5.75 Å². The van der Waals surface area contributed by atoms with E-state index in [2.05, 4.69) is 21.2 Å². The van der Waals surface area contributed by atoms with E-state index in [0.717, 1.165) is 10.0 Å². The van der Waals surface area contributed by atoms with Crippen molar-refractivity contribution in [3.63, 3.8) is 0 Å². The Morgan fingerprint density at radius 3 is 2.57 bits per heavy atom. The molecule has 0 unspecified atom stereocenters. The second-order valence-corrected chi connectivity index (χ2v) is 6.23. The number of rotatable bonds is 6. The van der Waals surface area contributed by atoms with Gasteiger partial charge in [0.25, 0.3) is 0 Å². The average Bonchev–Trinajstić information content (AvgIpc) is 2.56. The molecule has 0 saturated carbocycles. The van der Waals surface area contributed by atoms with Crippen LogP contribution in [0.5, 0.6) is 5.75 Å². The number of hydrogen-bond donors (Lipinski definition) is 1. The SMILES string of the molecule is COc1ccccc1NC(=O)[C@@H](C)N(C)Cc1ccccc1Br. The molecule has 122 valence electrons. The summed E-state index contributed by atoms with van der Waals surface area (Å²) >= 11 is 3.54. The van der Waals surface area contributed by atoms with E-state index in [1.807, 2.05) is 67.4 Å². The van der Waals surface area contributed by atoms with Crippen LogP contribution in [-0.4, -0.2) is 31.0 Å². The number of carbonyl (C=O) groups excluding carboxylic acids is 1. The lowest BCUT2D eigenvalue weighted by Crippen LogP contribution is -2.39. The molecule has 0 aliphatic carbocycles. The Bertz CT molecular complexity index is 676. The first-order valence-electron chi connectivity index (χ1n) is 7.40. The molecule has 4 nitrogen and oxygen atoms in total. The number of amides is 1. The van der Waals surface area contributed by atoms with Crippen molar-refractivity contribution < 1.29 is 9.53 Å². The van der Waals surface area contributed by atoms with Crippen LogP contribution in [0.3, 0.4) is 0 Å². The molecule has 0 aromatic heterocycles. The number of anilines is 1.